The molecule has 0 bridgehead atoms. The van der Waals surface area contributed by atoms with Gasteiger partial charge in [0, 0.05) is 25.6 Å². The molecule has 3 atom stereocenters. The van der Waals surface area contributed by atoms with Crippen molar-refractivity contribution in [2.75, 3.05) is 19.7 Å². The highest BCUT2D eigenvalue weighted by Gasteiger charge is 2.33. The van der Waals surface area contributed by atoms with Crippen LogP contribution < -0.4 is 0 Å². The average Bonchev–Trinajstić information content (AvgIpc) is 2.85. The monoisotopic (exact) mass is 269 g/mol. The zero-order valence-electron chi connectivity index (χ0n) is 12.2. The van der Waals surface area contributed by atoms with Gasteiger partial charge in [0.05, 0.1) is 6.10 Å². The summed E-state index contributed by atoms with van der Waals surface area (Å²) in [5.41, 5.74) is 0. The summed E-state index contributed by atoms with van der Waals surface area (Å²) in [6, 6.07) is 0.649. The van der Waals surface area contributed by atoms with Gasteiger partial charge < -0.3 is 9.84 Å². The highest BCUT2D eigenvalue weighted by molar-refractivity contribution is 5.66. The number of carboxylic acid groups (broad SMARTS) is 1. The van der Waals surface area contributed by atoms with Crippen molar-refractivity contribution in [2.45, 2.75) is 58.1 Å². The van der Waals surface area contributed by atoms with Gasteiger partial charge in [-0.25, -0.2) is 0 Å². The molecule has 3 unspecified atom stereocenters. The summed E-state index contributed by atoms with van der Waals surface area (Å²) in [6.07, 6.45) is 5.00. The highest BCUT2D eigenvalue weighted by Crippen LogP contribution is 2.29. The van der Waals surface area contributed by atoms with Gasteiger partial charge in [0.25, 0.3) is 0 Å². The molecule has 0 aromatic rings. The first kappa shape index (κ1) is 14.8. The molecule has 2 fully saturated rings. The molecular formula is C15H27NO3. The van der Waals surface area contributed by atoms with Crippen LogP contribution in [0.3, 0.4) is 0 Å². The molecular weight excluding hydrogens is 242 g/mol. The fourth-order valence-electron chi connectivity index (χ4n) is 3.36. The van der Waals surface area contributed by atoms with Crippen LogP contribution in [-0.2, 0) is 9.53 Å². The van der Waals surface area contributed by atoms with E-state index in [1.165, 1.54) is 0 Å². The Morgan fingerprint density at radius 3 is 2.89 bits per heavy atom. The fourth-order valence-corrected chi connectivity index (χ4v) is 3.36. The molecule has 0 aliphatic carbocycles. The van der Waals surface area contributed by atoms with E-state index in [0.717, 1.165) is 45.4 Å². The number of aliphatic carboxylic acids is 1. The van der Waals surface area contributed by atoms with Crippen LogP contribution in [0.4, 0.5) is 0 Å². The first-order valence-electron chi connectivity index (χ1n) is 7.63. The van der Waals surface area contributed by atoms with Crippen molar-refractivity contribution in [3.05, 3.63) is 0 Å². The molecule has 2 saturated heterocycles. The van der Waals surface area contributed by atoms with E-state index in [-0.39, 0.29) is 0 Å². The van der Waals surface area contributed by atoms with Crippen molar-refractivity contribution >= 4 is 5.97 Å². The molecule has 19 heavy (non-hydrogen) atoms. The minimum absolute atomic E-state index is 0.320. The quantitative estimate of drug-likeness (QED) is 0.832. The van der Waals surface area contributed by atoms with Gasteiger partial charge in [-0.15, -0.1) is 0 Å². The van der Waals surface area contributed by atoms with Gasteiger partial charge in [0.2, 0.25) is 0 Å². The SMILES string of the molecule is CC(C)C1CC(N2CCC(CCC(=O)O)C2)CCO1. The Labute approximate surface area is 116 Å². The van der Waals surface area contributed by atoms with Crippen LogP contribution in [0.2, 0.25) is 0 Å². The van der Waals surface area contributed by atoms with Crippen LogP contribution in [0, 0.1) is 11.8 Å². The summed E-state index contributed by atoms with van der Waals surface area (Å²) in [6.45, 7) is 7.56. The Hall–Kier alpha value is -0.610. The van der Waals surface area contributed by atoms with Gasteiger partial charge >= 0.3 is 5.97 Å². The van der Waals surface area contributed by atoms with Crippen molar-refractivity contribution in [1.82, 2.24) is 4.90 Å². The van der Waals surface area contributed by atoms with Crippen LogP contribution >= 0.6 is 0 Å². The summed E-state index contributed by atoms with van der Waals surface area (Å²) in [4.78, 5) is 13.2. The molecule has 110 valence electrons. The van der Waals surface area contributed by atoms with E-state index in [1.807, 2.05) is 0 Å². The number of hydrogen-bond acceptors (Lipinski definition) is 3. The Morgan fingerprint density at radius 1 is 1.42 bits per heavy atom. The summed E-state index contributed by atoms with van der Waals surface area (Å²) < 4.78 is 5.83. The van der Waals surface area contributed by atoms with E-state index in [1.54, 1.807) is 0 Å². The van der Waals surface area contributed by atoms with Crippen LogP contribution in [0.15, 0.2) is 0 Å². The van der Waals surface area contributed by atoms with Crippen LogP contribution in [0.25, 0.3) is 0 Å². The number of carboxylic acids is 1. The molecule has 0 saturated carbocycles. The predicted molar refractivity (Wildman–Crippen MR) is 74.1 cm³/mol. The van der Waals surface area contributed by atoms with Gasteiger partial charge in [0.1, 0.15) is 0 Å². The van der Waals surface area contributed by atoms with E-state index < -0.39 is 5.97 Å². The summed E-state index contributed by atoms with van der Waals surface area (Å²) >= 11 is 0. The van der Waals surface area contributed by atoms with Gasteiger partial charge in [-0.05, 0) is 44.1 Å². The lowest BCUT2D eigenvalue weighted by atomic mass is 9.94. The second kappa shape index (κ2) is 6.71. The Kier molecular flexibility index (Phi) is 5.22. The number of rotatable bonds is 5. The number of hydrogen-bond donors (Lipinski definition) is 1. The second-order valence-electron chi connectivity index (χ2n) is 6.41. The van der Waals surface area contributed by atoms with Gasteiger partial charge in [-0.1, -0.05) is 13.8 Å². The molecule has 0 amide bonds. The van der Waals surface area contributed by atoms with Crippen molar-refractivity contribution in [1.29, 1.82) is 0 Å². The van der Waals surface area contributed by atoms with Crippen molar-refractivity contribution < 1.29 is 14.6 Å². The molecule has 2 aliphatic heterocycles. The number of likely N-dealkylation sites (tertiary alicyclic amines) is 1. The molecule has 2 heterocycles. The normalized spacial score (nSPS) is 32.9. The average molecular weight is 269 g/mol. The van der Waals surface area contributed by atoms with E-state index in [4.69, 9.17) is 9.84 Å². The minimum Gasteiger partial charge on any atom is -0.481 e. The topological polar surface area (TPSA) is 49.8 Å². The fraction of sp³-hybridized carbons (Fsp3) is 0.933. The van der Waals surface area contributed by atoms with Crippen molar-refractivity contribution in [2.24, 2.45) is 11.8 Å². The first-order chi connectivity index (χ1) is 9.06. The lowest BCUT2D eigenvalue weighted by molar-refractivity contribution is -0.137. The molecule has 2 rings (SSSR count). The van der Waals surface area contributed by atoms with Crippen LogP contribution in [0.1, 0.15) is 46.0 Å². The third-order valence-corrected chi connectivity index (χ3v) is 4.63. The number of carbonyl (C=O) groups is 1. The Morgan fingerprint density at radius 2 is 2.21 bits per heavy atom. The molecule has 1 N–H and O–H groups in total. The lowest BCUT2D eigenvalue weighted by Crippen LogP contribution is -2.42. The van der Waals surface area contributed by atoms with E-state index >= 15 is 0 Å². The minimum atomic E-state index is -0.663. The van der Waals surface area contributed by atoms with Crippen LogP contribution in [-0.4, -0.2) is 47.8 Å². The molecule has 2 aliphatic rings. The molecule has 0 aromatic carbocycles. The maximum absolute atomic E-state index is 10.6. The van der Waals surface area contributed by atoms with E-state index in [9.17, 15) is 4.79 Å². The molecule has 0 spiro atoms. The van der Waals surface area contributed by atoms with Crippen LogP contribution in [0.5, 0.6) is 0 Å². The van der Waals surface area contributed by atoms with Crippen molar-refractivity contribution in [3.8, 4) is 0 Å². The molecule has 4 heteroatoms. The second-order valence-corrected chi connectivity index (χ2v) is 6.41. The lowest BCUT2D eigenvalue weighted by Gasteiger charge is -2.37. The summed E-state index contributed by atoms with van der Waals surface area (Å²) in [5.74, 6) is 0.508. The van der Waals surface area contributed by atoms with Gasteiger partial charge in [-0.3, -0.25) is 9.69 Å². The first-order valence-corrected chi connectivity index (χ1v) is 7.63. The number of nitrogens with zero attached hydrogens (tertiary/aromatic N) is 1. The largest absolute Gasteiger partial charge is 0.481 e. The Balaban J connectivity index is 1.78. The maximum Gasteiger partial charge on any atom is 0.303 e. The third-order valence-electron chi connectivity index (χ3n) is 4.63. The summed E-state index contributed by atoms with van der Waals surface area (Å²) in [5, 5.41) is 8.75. The van der Waals surface area contributed by atoms with E-state index in [2.05, 4.69) is 18.7 Å². The van der Waals surface area contributed by atoms with E-state index in [0.29, 0.717) is 30.4 Å². The molecule has 0 radical (unpaired) electrons. The predicted octanol–water partition coefficient (Wildman–Crippen LogP) is 2.38. The van der Waals surface area contributed by atoms with Crippen molar-refractivity contribution in [3.63, 3.8) is 0 Å². The number of ether oxygens (including phenoxy) is 1. The zero-order valence-corrected chi connectivity index (χ0v) is 12.2. The molecule has 4 nitrogen and oxygen atoms in total. The van der Waals surface area contributed by atoms with Gasteiger partial charge in [0.15, 0.2) is 0 Å². The Bertz CT molecular complexity index is 306. The molecule has 0 aromatic heterocycles. The smallest absolute Gasteiger partial charge is 0.303 e. The zero-order chi connectivity index (χ0) is 13.8. The third kappa shape index (κ3) is 4.18. The standard InChI is InChI=1S/C15H27NO3/c1-11(2)14-9-13(6-8-19-14)16-7-5-12(10-16)3-4-15(17)18/h11-14H,3-10H2,1-2H3,(H,17,18). The van der Waals surface area contributed by atoms with Gasteiger partial charge in [-0.2, -0.15) is 0 Å². The maximum atomic E-state index is 10.6. The highest BCUT2D eigenvalue weighted by atomic mass is 16.5. The summed E-state index contributed by atoms with van der Waals surface area (Å²) in [7, 11) is 0.